The molecule has 7 heteroatoms. The lowest BCUT2D eigenvalue weighted by Gasteiger charge is -2.30. The number of nitrogens with one attached hydrogen (secondary N) is 2. The molecule has 0 aromatic carbocycles. The fraction of sp³-hybridized carbons (Fsp3) is 0.944. The summed E-state index contributed by atoms with van der Waals surface area (Å²) in [6.45, 7) is 14.5. The van der Waals surface area contributed by atoms with E-state index < -0.39 is 10.8 Å². The second-order valence-electron chi connectivity index (χ2n) is 6.78. The zero-order valence-electron chi connectivity index (χ0n) is 16.7. The smallest absolute Gasteiger partial charge is 0.191 e. The Balaban J connectivity index is 0.00000576. The number of halogens is 1. The van der Waals surface area contributed by atoms with Crippen LogP contribution in [0.2, 0.25) is 0 Å². The van der Waals surface area contributed by atoms with Crippen molar-refractivity contribution in [3.05, 3.63) is 0 Å². The first kappa shape index (κ1) is 25.1. The van der Waals surface area contributed by atoms with Crippen molar-refractivity contribution in [2.24, 2.45) is 4.99 Å². The second kappa shape index (κ2) is 14.2. The van der Waals surface area contributed by atoms with Gasteiger partial charge in [-0.1, -0.05) is 20.3 Å². The molecule has 3 atom stereocenters. The Morgan fingerprint density at radius 1 is 1.28 bits per heavy atom. The first-order valence-corrected chi connectivity index (χ1v) is 11.1. The summed E-state index contributed by atoms with van der Waals surface area (Å²) >= 11 is 0. The number of guanidine groups is 1. The molecule has 0 saturated heterocycles. The number of nitrogens with zero attached hydrogens (tertiary/aromatic N) is 2. The van der Waals surface area contributed by atoms with Crippen molar-refractivity contribution in [2.45, 2.75) is 77.6 Å². The quantitative estimate of drug-likeness (QED) is 0.299. The van der Waals surface area contributed by atoms with Crippen LogP contribution in [0.3, 0.4) is 0 Å². The topological polar surface area (TPSA) is 56.7 Å². The Morgan fingerprint density at radius 3 is 2.56 bits per heavy atom. The molecule has 3 unspecified atom stereocenters. The van der Waals surface area contributed by atoms with Gasteiger partial charge in [-0.25, -0.2) is 0 Å². The monoisotopic (exact) mass is 486 g/mol. The number of rotatable bonds is 9. The van der Waals surface area contributed by atoms with E-state index in [0.29, 0.717) is 17.3 Å². The number of aliphatic imine (C=N–C) groups is 1. The second-order valence-corrected chi connectivity index (χ2v) is 8.79. The molecule has 0 spiro atoms. The van der Waals surface area contributed by atoms with Crippen molar-refractivity contribution in [3.63, 3.8) is 0 Å². The molecule has 1 saturated carbocycles. The third-order valence-corrected chi connectivity index (χ3v) is 6.50. The van der Waals surface area contributed by atoms with Crippen LogP contribution in [0, 0.1) is 0 Å². The largest absolute Gasteiger partial charge is 0.357 e. The van der Waals surface area contributed by atoms with Crippen LogP contribution in [-0.4, -0.2) is 64.3 Å². The minimum Gasteiger partial charge on any atom is -0.357 e. The van der Waals surface area contributed by atoms with Gasteiger partial charge in [-0.15, -0.1) is 24.0 Å². The van der Waals surface area contributed by atoms with Crippen LogP contribution in [0.4, 0.5) is 0 Å². The minimum absolute atomic E-state index is 0. The summed E-state index contributed by atoms with van der Waals surface area (Å²) < 4.78 is 12.1. The van der Waals surface area contributed by atoms with Crippen molar-refractivity contribution >= 4 is 40.7 Å². The summed E-state index contributed by atoms with van der Waals surface area (Å²) in [5.74, 6) is 1.68. The van der Waals surface area contributed by atoms with Gasteiger partial charge in [-0.05, 0) is 46.6 Å². The fourth-order valence-corrected chi connectivity index (χ4v) is 4.68. The van der Waals surface area contributed by atoms with Gasteiger partial charge in [0.25, 0.3) is 0 Å². The summed E-state index contributed by atoms with van der Waals surface area (Å²) in [6.07, 6.45) is 4.41. The van der Waals surface area contributed by atoms with E-state index in [1.54, 1.807) is 0 Å². The molecule has 0 aliphatic heterocycles. The molecule has 1 aliphatic carbocycles. The van der Waals surface area contributed by atoms with Gasteiger partial charge >= 0.3 is 0 Å². The van der Waals surface area contributed by atoms with Gasteiger partial charge in [0.15, 0.2) is 5.96 Å². The maximum absolute atomic E-state index is 12.1. The molecule has 0 aromatic heterocycles. The Bertz CT molecular complexity index is 407. The van der Waals surface area contributed by atoms with Gasteiger partial charge in [0.1, 0.15) is 0 Å². The van der Waals surface area contributed by atoms with E-state index in [-0.39, 0.29) is 24.0 Å². The highest BCUT2D eigenvalue weighted by Gasteiger charge is 2.26. The lowest BCUT2D eigenvalue weighted by molar-refractivity contribution is 0.240. The predicted molar refractivity (Wildman–Crippen MR) is 122 cm³/mol. The Hall–Kier alpha value is 0.110. The number of hydrogen-bond acceptors (Lipinski definition) is 3. The van der Waals surface area contributed by atoms with Crippen molar-refractivity contribution < 1.29 is 4.21 Å². The van der Waals surface area contributed by atoms with Gasteiger partial charge in [-0.2, -0.15) is 0 Å². The molecule has 5 nitrogen and oxygen atoms in total. The van der Waals surface area contributed by atoms with Crippen molar-refractivity contribution in [1.29, 1.82) is 0 Å². The standard InChI is InChI=1S/C18H38N4OS.HI/c1-6-19-18(20-12-13-22(7-2)15(4)5)21-16-10-9-11-17(14-16)24(23)8-3;/h15-17H,6-14H2,1-5H3,(H2,19,20,21);1H. The highest BCUT2D eigenvalue weighted by molar-refractivity contribution is 14.0. The van der Waals surface area contributed by atoms with E-state index in [0.717, 1.165) is 63.6 Å². The summed E-state index contributed by atoms with van der Waals surface area (Å²) in [6, 6.07) is 0.952. The molecule has 25 heavy (non-hydrogen) atoms. The minimum atomic E-state index is -0.678. The molecule has 1 rings (SSSR count). The van der Waals surface area contributed by atoms with E-state index >= 15 is 0 Å². The zero-order chi connectivity index (χ0) is 17.9. The van der Waals surface area contributed by atoms with E-state index in [4.69, 9.17) is 4.99 Å². The summed E-state index contributed by atoms with van der Waals surface area (Å²) in [7, 11) is -0.678. The Kier molecular flexibility index (Phi) is 14.3. The maximum Gasteiger partial charge on any atom is 0.191 e. The molecule has 0 radical (unpaired) electrons. The van der Waals surface area contributed by atoms with Crippen molar-refractivity contribution in [2.75, 3.05) is 31.9 Å². The Morgan fingerprint density at radius 2 is 2.00 bits per heavy atom. The third kappa shape index (κ3) is 9.56. The molecule has 2 N–H and O–H groups in total. The first-order chi connectivity index (χ1) is 11.5. The summed E-state index contributed by atoms with van der Waals surface area (Å²) in [5, 5.41) is 7.27. The fourth-order valence-electron chi connectivity index (χ4n) is 3.34. The van der Waals surface area contributed by atoms with Crippen LogP contribution in [0.5, 0.6) is 0 Å². The van der Waals surface area contributed by atoms with Crippen LogP contribution >= 0.6 is 24.0 Å². The van der Waals surface area contributed by atoms with Gasteiger partial charge < -0.3 is 10.6 Å². The van der Waals surface area contributed by atoms with Crippen LogP contribution in [0.1, 0.15) is 60.3 Å². The van der Waals surface area contributed by atoms with Gasteiger partial charge in [0.05, 0.1) is 6.54 Å². The molecule has 0 bridgehead atoms. The highest BCUT2D eigenvalue weighted by atomic mass is 127. The lowest BCUT2D eigenvalue weighted by atomic mass is 9.95. The first-order valence-electron chi connectivity index (χ1n) is 9.67. The van der Waals surface area contributed by atoms with Crippen molar-refractivity contribution in [1.82, 2.24) is 15.5 Å². The van der Waals surface area contributed by atoms with E-state index in [1.165, 1.54) is 0 Å². The molecular weight excluding hydrogens is 447 g/mol. The van der Waals surface area contributed by atoms with E-state index in [1.807, 2.05) is 6.92 Å². The van der Waals surface area contributed by atoms with Gasteiger partial charge in [0, 0.05) is 47.0 Å². The third-order valence-electron chi connectivity index (χ3n) is 4.76. The molecule has 0 aromatic rings. The Labute approximate surface area is 174 Å². The zero-order valence-corrected chi connectivity index (χ0v) is 19.9. The molecule has 0 heterocycles. The van der Waals surface area contributed by atoms with Crippen LogP contribution in [0.25, 0.3) is 0 Å². The molecule has 1 aliphatic rings. The van der Waals surface area contributed by atoms with Gasteiger partial charge in [-0.3, -0.25) is 14.1 Å². The number of hydrogen-bond donors (Lipinski definition) is 2. The summed E-state index contributed by atoms with van der Waals surface area (Å²) in [5.41, 5.74) is 0. The number of likely N-dealkylation sites (N-methyl/N-ethyl adjacent to an activating group) is 1. The SMILES string of the molecule is CCNC(=NCCN(CC)C(C)C)NC1CCCC(S(=O)CC)C1.I. The average Bonchev–Trinajstić information content (AvgIpc) is 2.58. The van der Waals surface area contributed by atoms with Crippen LogP contribution in [-0.2, 0) is 10.8 Å². The average molecular weight is 487 g/mol. The molecule has 1 fully saturated rings. The molecular formula is C18H39IN4OS. The highest BCUT2D eigenvalue weighted by Crippen LogP contribution is 2.22. The summed E-state index contributed by atoms with van der Waals surface area (Å²) in [4.78, 5) is 7.17. The van der Waals surface area contributed by atoms with Crippen LogP contribution in [0.15, 0.2) is 4.99 Å². The van der Waals surface area contributed by atoms with E-state index in [9.17, 15) is 4.21 Å². The predicted octanol–water partition coefficient (Wildman–Crippen LogP) is 2.97. The maximum atomic E-state index is 12.1. The normalized spacial score (nSPS) is 22.6. The van der Waals surface area contributed by atoms with Gasteiger partial charge in [0.2, 0.25) is 0 Å². The molecule has 0 amide bonds. The van der Waals surface area contributed by atoms with E-state index in [2.05, 4.69) is 43.2 Å². The van der Waals surface area contributed by atoms with Crippen LogP contribution < -0.4 is 10.6 Å². The van der Waals surface area contributed by atoms with Crippen molar-refractivity contribution in [3.8, 4) is 0 Å². The molecule has 150 valence electrons. The lowest BCUT2D eigenvalue weighted by Crippen LogP contribution is -2.47.